The monoisotopic (exact) mass is 512 g/mol. The van der Waals surface area contributed by atoms with Crippen molar-refractivity contribution in [2.45, 2.75) is 23.1 Å². The molecule has 2 aromatic carbocycles. The van der Waals surface area contributed by atoms with Gasteiger partial charge in [-0.15, -0.1) is 11.8 Å². The van der Waals surface area contributed by atoms with Gasteiger partial charge in [-0.3, -0.25) is 4.79 Å². The molecule has 0 spiro atoms. The van der Waals surface area contributed by atoms with Crippen molar-refractivity contribution in [1.29, 1.82) is 0 Å². The Morgan fingerprint density at radius 2 is 1.62 bits per heavy atom. The third-order valence-corrected chi connectivity index (χ3v) is 7.41. The molecule has 0 atom stereocenters. The van der Waals surface area contributed by atoms with Gasteiger partial charge in [0.25, 0.3) is 0 Å². The molecule has 3 heterocycles. The number of nitro groups is 1. The van der Waals surface area contributed by atoms with Crippen LogP contribution in [0.1, 0.15) is 28.8 Å². The molecule has 1 fully saturated rings. The van der Waals surface area contributed by atoms with Crippen LogP contribution in [0.4, 0.5) is 17.3 Å². The lowest BCUT2D eigenvalue weighted by atomic mass is 10.0. The summed E-state index contributed by atoms with van der Waals surface area (Å²) in [6.45, 7) is 1.57. The molecule has 0 bridgehead atoms. The van der Waals surface area contributed by atoms with Gasteiger partial charge in [-0.25, -0.2) is 25.1 Å². The SMILES string of the molecule is O=C(c1ccccc1)c1ccc(N(c2cc(N3CCC(Sc4ccccn4)CC3)ncn2)[N+](=O)[O-])cc1. The first-order chi connectivity index (χ1) is 18.1. The number of carbonyl (C=O) groups excluding carboxylic acids is 1. The molecule has 4 aromatic rings. The van der Waals surface area contributed by atoms with Crippen molar-refractivity contribution in [1.82, 2.24) is 15.0 Å². The Morgan fingerprint density at radius 3 is 2.30 bits per heavy atom. The molecule has 1 saturated heterocycles. The molecule has 1 aliphatic heterocycles. The quantitative estimate of drug-likeness (QED) is 0.179. The van der Waals surface area contributed by atoms with Gasteiger partial charge in [-0.1, -0.05) is 36.4 Å². The highest BCUT2D eigenvalue weighted by Gasteiger charge is 2.26. The number of nitrogens with zero attached hydrogens (tertiary/aromatic N) is 6. The van der Waals surface area contributed by atoms with Crippen LogP contribution < -0.4 is 9.91 Å². The molecule has 186 valence electrons. The number of benzene rings is 2. The van der Waals surface area contributed by atoms with E-state index in [9.17, 15) is 14.9 Å². The first kappa shape index (κ1) is 24.4. The summed E-state index contributed by atoms with van der Waals surface area (Å²) >= 11 is 1.78. The number of rotatable bonds is 8. The highest BCUT2D eigenvalue weighted by molar-refractivity contribution is 7.99. The summed E-state index contributed by atoms with van der Waals surface area (Å²) < 4.78 is 0. The second-order valence-electron chi connectivity index (χ2n) is 8.50. The number of piperidine rings is 1. The summed E-state index contributed by atoms with van der Waals surface area (Å²) in [5.74, 6) is 0.657. The second kappa shape index (κ2) is 11.2. The van der Waals surface area contributed by atoms with E-state index in [0.29, 0.717) is 27.9 Å². The van der Waals surface area contributed by atoms with Crippen molar-refractivity contribution < 1.29 is 9.83 Å². The van der Waals surface area contributed by atoms with Crippen LogP contribution in [0.2, 0.25) is 0 Å². The van der Waals surface area contributed by atoms with Crippen LogP contribution in [0, 0.1) is 10.1 Å². The Labute approximate surface area is 218 Å². The number of hydrogen-bond donors (Lipinski definition) is 0. The van der Waals surface area contributed by atoms with E-state index in [-0.39, 0.29) is 11.6 Å². The summed E-state index contributed by atoms with van der Waals surface area (Å²) in [5.41, 5.74) is 1.31. The van der Waals surface area contributed by atoms with E-state index in [1.165, 1.54) is 6.33 Å². The van der Waals surface area contributed by atoms with E-state index in [4.69, 9.17) is 0 Å². The molecule has 2 aromatic heterocycles. The molecule has 0 N–H and O–H groups in total. The zero-order chi connectivity index (χ0) is 25.6. The fourth-order valence-corrected chi connectivity index (χ4v) is 5.30. The van der Waals surface area contributed by atoms with Crippen molar-refractivity contribution in [3.8, 4) is 0 Å². The van der Waals surface area contributed by atoms with Gasteiger partial charge < -0.3 is 4.90 Å². The highest BCUT2D eigenvalue weighted by atomic mass is 32.2. The minimum atomic E-state index is -0.518. The van der Waals surface area contributed by atoms with Gasteiger partial charge in [0.05, 0.1) is 5.03 Å². The minimum Gasteiger partial charge on any atom is -0.356 e. The van der Waals surface area contributed by atoms with Crippen molar-refractivity contribution in [3.63, 3.8) is 0 Å². The van der Waals surface area contributed by atoms with Crippen LogP contribution in [-0.2, 0) is 0 Å². The normalized spacial score (nSPS) is 13.8. The number of carbonyl (C=O) groups is 1. The van der Waals surface area contributed by atoms with Crippen molar-refractivity contribution in [3.05, 3.63) is 113 Å². The largest absolute Gasteiger partial charge is 0.356 e. The average Bonchev–Trinajstić information content (AvgIpc) is 2.95. The third-order valence-electron chi connectivity index (χ3n) is 6.12. The molecule has 1 aliphatic rings. The Hall–Kier alpha value is -4.31. The van der Waals surface area contributed by atoms with Gasteiger partial charge in [0, 0.05) is 41.7 Å². The summed E-state index contributed by atoms with van der Waals surface area (Å²) in [6, 6.07) is 22.8. The lowest BCUT2D eigenvalue weighted by molar-refractivity contribution is -0.483. The summed E-state index contributed by atoms with van der Waals surface area (Å²) in [5, 5.41) is 13.9. The molecule has 0 saturated carbocycles. The van der Waals surface area contributed by atoms with Gasteiger partial charge in [-0.05, 0) is 54.2 Å². The maximum atomic E-state index is 12.7. The molecule has 0 radical (unpaired) electrons. The van der Waals surface area contributed by atoms with E-state index in [1.807, 2.05) is 24.3 Å². The minimum absolute atomic E-state index is 0.145. The Bertz CT molecular complexity index is 1360. The van der Waals surface area contributed by atoms with E-state index in [0.717, 1.165) is 36.0 Å². The van der Waals surface area contributed by atoms with Gasteiger partial charge in [-0.2, -0.15) is 0 Å². The third kappa shape index (κ3) is 5.75. The zero-order valence-electron chi connectivity index (χ0n) is 19.9. The Morgan fingerprint density at radius 1 is 0.919 bits per heavy atom. The van der Waals surface area contributed by atoms with E-state index < -0.39 is 5.03 Å². The second-order valence-corrected chi connectivity index (χ2v) is 9.82. The van der Waals surface area contributed by atoms with E-state index in [1.54, 1.807) is 72.6 Å². The number of aromatic nitrogens is 3. The van der Waals surface area contributed by atoms with Crippen LogP contribution in [0.3, 0.4) is 0 Å². The molecule has 9 nitrogen and oxygen atoms in total. The first-order valence-electron chi connectivity index (χ1n) is 11.9. The van der Waals surface area contributed by atoms with Crippen LogP contribution in [-0.4, -0.2) is 44.1 Å². The van der Waals surface area contributed by atoms with Crippen LogP contribution in [0.15, 0.2) is 96.4 Å². The Balaban J connectivity index is 1.29. The van der Waals surface area contributed by atoms with Gasteiger partial charge in [0.1, 0.15) is 17.8 Å². The molecule has 5 rings (SSSR count). The first-order valence-corrected chi connectivity index (χ1v) is 12.8. The van der Waals surface area contributed by atoms with Crippen LogP contribution >= 0.6 is 11.8 Å². The van der Waals surface area contributed by atoms with Crippen LogP contribution in [0.25, 0.3) is 0 Å². The van der Waals surface area contributed by atoms with E-state index in [2.05, 4.69) is 19.9 Å². The lowest BCUT2D eigenvalue weighted by Gasteiger charge is -2.32. The molecular formula is C27H24N6O3S. The molecule has 0 unspecified atom stereocenters. The van der Waals surface area contributed by atoms with Crippen molar-refractivity contribution in [2.24, 2.45) is 0 Å². The topological polar surface area (TPSA) is 105 Å². The number of hydrogen-bond acceptors (Lipinski definition) is 8. The molecule has 0 aliphatic carbocycles. The fraction of sp³-hybridized carbons (Fsp3) is 0.185. The molecular weight excluding hydrogens is 488 g/mol. The lowest BCUT2D eigenvalue weighted by Crippen LogP contribution is -2.35. The molecule has 0 amide bonds. The Kier molecular flexibility index (Phi) is 7.36. The zero-order valence-corrected chi connectivity index (χ0v) is 20.7. The van der Waals surface area contributed by atoms with Gasteiger partial charge in [0.15, 0.2) is 10.8 Å². The predicted molar refractivity (Wildman–Crippen MR) is 143 cm³/mol. The van der Waals surface area contributed by atoms with Crippen LogP contribution in [0.5, 0.6) is 0 Å². The number of hydrazine groups is 1. The number of pyridine rings is 1. The van der Waals surface area contributed by atoms with Crippen molar-refractivity contribution >= 4 is 34.9 Å². The van der Waals surface area contributed by atoms with E-state index >= 15 is 0 Å². The number of ketones is 1. The summed E-state index contributed by atoms with van der Waals surface area (Å²) in [7, 11) is 0. The maximum Gasteiger partial charge on any atom is 0.205 e. The van der Waals surface area contributed by atoms with Gasteiger partial charge >= 0.3 is 0 Å². The van der Waals surface area contributed by atoms with Gasteiger partial charge in [0.2, 0.25) is 5.82 Å². The smallest absolute Gasteiger partial charge is 0.205 e. The highest BCUT2D eigenvalue weighted by Crippen LogP contribution is 2.32. The summed E-state index contributed by atoms with van der Waals surface area (Å²) in [4.78, 5) is 39.8. The van der Waals surface area contributed by atoms with Crippen molar-refractivity contribution in [2.75, 3.05) is 23.0 Å². The average molecular weight is 513 g/mol. The number of anilines is 3. The summed E-state index contributed by atoms with van der Waals surface area (Å²) in [6.07, 6.45) is 5.06. The number of thioether (sulfide) groups is 1. The standard InChI is InChI=1S/C27H24N6O3S/c34-27(20-6-2-1-3-7-20)21-9-11-22(12-10-21)32(33(35)36)25-18-24(29-19-30-25)31-16-13-23(14-17-31)37-26-8-4-5-15-28-26/h1-12,15,18-19,23H,13-14,16-17H2. The maximum absolute atomic E-state index is 12.7. The molecule has 37 heavy (non-hydrogen) atoms. The predicted octanol–water partition coefficient (Wildman–Crippen LogP) is 5.19. The fourth-order valence-electron chi connectivity index (χ4n) is 4.24. The molecule has 10 heteroatoms.